The molecular formula is C15H18ClN3O. The van der Waals surface area contributed by atoms with Crippen LogP contribution in [0.1, 0.15) is 19.3 Å². The molecule has 1 aliphatic heterocycles. The number of ether oxygens (including phenoxy) is 1. The maximum atomic E-state index is 6.02. The predicted octanol–water partition coefficient (Wildman–Crippen LogP) is 3.15. The van der Waals surface area contributed by atoms with Gasteiger partial charge in [0.05, 0.1) is 5.52 Å². The average Bonchev–Trinajstić information content (AvgIpc) is 2.48. The maximum Gasteiger partial charge on any atom is 0.140 e. The van der Waals surface area contributed by atoms with Crippen LogP contribution in [0.5, 0.6) is 5.75 Å². The number of nitrogens with zero attached hydrogens (tertiary/aromatic N) is 3. The molecule has 2 heterocycles. The van der Waals surface area contributed by atoms with Crippen molar-refractivity contribution in [1.82, 2.24) is 14.9 Å². The van der Waals surface area contributed by atoms with Gasteiger partial charge in [-0.2, -0.15) is 0 Å². The van der Waals surface area contributed by atoms with Crippen molar-refractivity contribution < 1.29 is 4.74 Å². The predicted molar refractivity (Wildman–Crippen MR) is 80.3 cm³/mol. The normalized spacial score (nSPS) is 16.4. The molecule has 0 unspecified atom stereocenters. The molecule has 0 amide bonds. The number of halogens is 1. The van der Waals surface area contributed by atoms with Crippen LogP contribution in [0, 0.1) is 0 Å². The fourth-order valence-corrected chi connectivity index (χ4v) is 2.77. The van der Waals surface area contributed by atoms with E-state index in [-0.39, 0.29) is 0 Å². The van der Waals surface area contributed by atoms with Gasteiger partial charge in [-0.3, -0.25) is 4.90 Å². The van der Waals surface area contributed by atoms with E-state index in [1.54, 1.807) is 0 Å². The van der Waals surface area contributed by atoms with Crippen LogP contribution in [-0.4, -0.2) is 41.1 Å². The molecule has 5 heteroatoms. The summed E-state index contributed by atoms with van der Waals surface area (Å²) in [7, 11) is 0. The number of hydrogen-bond donors (Lipinski definition) is 0. The largest absolute Gasteiger partial charge is 0.492 e. The van der Waals surface area contributed by atoms with Gasteiger partial charge in [-0.25, -0.2) is 9.97 Å². The second-order valence-electron chi connectivity index (χ2n) is 5.09. The first-order valence-corrected chi connectivity index (χ1v) is 7.46. The molecule has 0 aliphatic carbocycles. The van der Waals surface area contributed by atoms with E-state index in [4.69, 9.17) is 16.3 Å². The van der Waals surface area contributed by atoms with Crippen molar-refractivity contribution in [3.05, 3.63) is 29.7 Å². The molecule has 4 nitrogen and oxygen atoms in total. The van der Waals surface area contributed by atoms with Crippen LogP contribution in [0.25, 0.3) is 10.9 Å². The maximum absolute atomic E-state index is 6.02. The molecule has 0 spiro atoms. The molecule has 1 aromatic heterocycles. The number of piperidine rings is 1. The summed E-state index contributed by atoms with van der Waals surface area (Å²) in [5.74, 6) is 0.837. The summed E-state index contributed by atoms with van der Waals surface area (Å²) in [5, 5.41) is 1.34. The molecule has 0 bridgehead atoms. The van der Waals surface area contributed by atoms with Crippen molar-refractivity contribution in [2.24, 2.45) is 0 Å². The van der Waals surface area contributed by atoms with Crippen molar-refractivity contribution in [1.29, 1.82) is 0 Å². The highest BCUT2D eigenvalue weighted by molar-refractivity contribution is 6.34. The number of benzene rings is 1. The summed E-state index contributed by atoms with van der Waals surface area (Å²) in [6.45, 7) is 4.10. The second kappa shape index (κ2) is 6.37. The summed E-state index contributed by atoms with van der Waals surface area (Å²) in [5.41, 5.74) is 0.820. The molecule has 1 aliphatic rings. The van der Waals surface area contributed by atoms with Crippen LogP contribution in [0.15, 0.2) is 24.5 Å². The highest BCUT2D eigenvalue weighted by atomic mass is 35.5. The third-order valence-corrected chi connectivity index (χ3v) is 3.99. The Morgan fingerprint density at radius 3 is 2.85 bits per heavy atom. The molecule has 3 rings (SSSR count). The molecule has 1 aromatic carbocycles. The Morgan fingerprint density at radius 1 is 1.15 bits per heavy atom. The fraction of sp³-hybridized carbons (Fsp3) is 0.467. The third kappa shape index (κ3) is 3.19. The molecule has 2 aromatic rings. The van der Waals surface area contributed by atoms with Crippen LogP contribution in [-0.2, 0) is 0 Å². The summed E-state index contributed by atoms with van der Waals surface area (Å²) >= 11 is 6.02. The van der Waals surface area contributed by atoms with Crippen molar-refractivity contribution in [3.63, 3.8) is 0 Å². The minimum absolute atomic E-state index is 0.481. The molecule has 0 N–H and O–H groups in total. The summed E-state index contributed by atoms with van der Waals surface area (Å²) < 4.78 is 5.81. The van der Waals surface area contributed by atoms with E-state index in [0.29, 0.717) is 11.8 Å². The van der Waals surface area contributed by atoms with Crippen molar-refractivity contribution in [2.45, 2.75) is 19.3 Å². The van der Waals surface area contributed by atoms with Crippen LogP contribution < -0.4 is 4.74 Å². The molecule has 1 fully saturated rings. The van der Waals surface area contributed by atoms with Gasteiger partial charge in [0.15, 0.2) is 0 Å². The van der Waals surface area contributed by atoms with Crippen LogP contribution >= 0.6 is 11.6 Å². The molecule has 1 saturated heterocycles. The first-order valence-electron chi connectivity index (χ1n) is 7.08. The van der Waals surface area contributed by atoms with Gasteiger partial charge in [0.25, 0.3) is 0 Å². The number of likely N-dealkylation sites (tertiary alicyclic amines) is 1. The van der Waals surface area contributed by atoms with Crippen LogP contribution in [0.2, 0.25) is 5.15 Å². The van der Waals surface area contributed by atoms with Gasteiger partial charge < -0.3 is 4.74 Å². The highest BCUT2D eigenvalue weighted by Gasteiger charge is 2.09. The lowest BCUT2D eigenvalue weighted by Gasteiger charge is -2.26. The van der Waals surface area contributed by atoms with E-state index in [1.807, 2.05) is 18.2 Å². The Bertz CT molecular complexity index is 584. The lowest BCUT2D eigenvalue weighted by atomic mass is 10.1. The molecule has 0 atom stereocenters. The minimum atomic E-state index is 0.481. The Labute approximate surface area is 123 Å². The van der Waals surface area contributed by atoms with Crippen LogP contribution in [0.3, 0.4) is 0 Å². The van der Waals surface area contributed by atoms with Crippen molar-refractivity contribution in [2.75, 3.05) is 26.2 Å². The van der Waals surface area contributed by atoms with Gasteiger partial charge in [0.2, 0.25) is 0 Å². The third-order valence-electron chi connectivity index (χ3n) is 3.68. The Morgan fingerprint density at radius 2 is 2.00 bits per heavy atom. The van der Waals surface area contributed by atoms with Gasteiger partial charge in [-0.1, -0.05) is 18.0 Å². The monoisotopic (exact) mass is 291 g/mol. The second-order valence-corrected chi connectivity index (χ2v) is 5.45. The summed E-state index contributed by atoms with van der Waals surface area (Å²) in [6, 6.07) is 5.75. The van der Waals surface area contributed by atoms with Gasteiger partial charge in [0, 0.05) is 18.0 Å². The first-order chi connectivity index (χ1) is 9.83. The van der Waals surface area contributed by atoms with E-state index in [2.05, 4.69) is 14.9 Å². The van der Waals surface area contributed by atoms with Gasteiger partial charge >= 0.3 is 0 Å². The quantitative estimate of drug-likeness (QED) is 0.811. The van der Waals surface area contributed by atoms with Crippen LogP contribution in [0.4, 0.5) is 0 Å². The lowest BCUT2D eigenvalue weighted by molar-refractivity contribution is 0.183. The van der Waals surface area contributed by atoms with E-state index in [1.165, 1.54) is 38.7 Å². The lowest BCUT2D eigenvalue weighted by Crippen LogP contribution is -2.33. The van der Waals surface area contributed by atoms with Crippen molar-refractivity contribution in [3.8, 4) is 5.75 Å². The molecular weight excluding hydrogens is 274 g/mol. The zero-order valence-corrected chi connectivity index (χ0v) is 12.1. The number of rotatable bonds is 4. The SMILES string of the molecule is Clc1ncnc2cc(OCCN3CCCCC3)ccc12. The van der Waals surface area contributed by atoms with E-state index >= 15 is 0 Å². The van der Waals surface area contributed by atoms with E-state index < -0.39 is 0 Å². The molecule has 0 radical (unpaired) electrons. The van der Waals surface area contributed by atoms with Gasteiger partial charge in [-0.15, -0.1) is 0 Å². The zero-order chi connectivity index (χ0) is 13.8. The highest BCUT2D eigenvalue weighted by Crippen LogP contribution is 2.23. The topological polar surface area (TPSA) is 38.3 Å². The molecule has 106 valence electrons. The molecule has 0 saturated carbocycles. The standard InChI is InChI=1S/C15H18ClN3O/c16-15-13-5-4-12(10-14(13)17-11-18-15)20-9-8-19-6-2-1-3-7-19/h4-5,10-11H,1-3,6-9H2. The first kappa shape index (κ1) is 13.6. The number of hydrogen-bond acceptors (Lipinski definition) is 4. The smallest absolute Gasteiger partial charge is 0.140 e. The zero-order valence-electron chi connectivity index (χ0n) is 11.4. The average molecular weight is 292 g/mol. The summed E-state index contributed by atoms with van der Waals surface area (Å²) in [6.07, 6.45) is 5.46. The van der Waals surface area contributed by atoms with Gasteiger partial charge in [0.1, 0.15) is 23.8 Å². The van der Waals surface area contributed by atoms with E-state index in [9.17, 15) is 0 Å². The summed E-state index contributed by atoms with van der Waals surface area (Å²) in [4.78, 5) is 10.6. The minimum Gasteiger partial charge on any atom is -0.492 e. The number of fused-ring (bicyclic) bond motifs is 1. The van der Waals surface area contributed by atoms with Gasteiger partial charge in [-0.05, 0) is 38.1 Å². The van der Waals surface area contributed by atoms with E-state index in [0.717, 1.165) is 23.2 Å². The van der Waals surface area contributed by atoms with Crippen molar-refractivity contribution >= 4 is 22.5 Å². The Hall–Kier alpha value is -1.39. The molecule has 20 heavy (non-hydrogen) atoms. The fourth-order valence-electron chi connectivity index (χ4n) is 2.57. The number of aromatic nitrogens is 2. The Balaban J connectivity index is 1.60. The Kier molecular flexibility index (Phi) is 4.33.